The van der Waals surface area contributed by atoms with Gasteiger partial charge in [0, 0.05) is 26.1 Å². The molecule has 1 fully saturated rings. The van der Waals surface area contributed by atoms with Gasteiger partial charge in [0.1, 0.15) is 29.8 Å². The first-order chi connectivity index (χ1) is 11.7. The van der Waals surface area contributed by atoms with E-state index < -0.39 is 0 Å². The molecule has 0 radical (unpaired) electrons. The highest BCUT2D eigenvalue weighted by Crippen LogP contribution is 2.23. The summed E-state index contributed by atoms with van der Waals surface area (Å²) in [6.45, 7) is 6.69. The van der Waals surface area contributed by atoms with Crippen LogP contribution in [0.1, 0.15) is 30.4 Å². The molecule has 0 bridgehead atoms. The van der Waals surface area contributed by atoms with Crippen molar-refractivity contribution in [3.8, 4) is 0 Å². The summed E-state index contributed by atoms with van der Waals surface area (Å²) in [5.74, 6) is 2.53. The lowest BCUT2D eigenvalue weighted by Gasteiger charge is -2.32. The molecule has 2 aromatic heterocycles. The maximum atomic E-state index is 12.4. The highest BCUT2D eigenvalue weighted by atomic mass is 16.5. The van der Waals surface area contributed by atoms with Crippen molar-refractivity contribution < 1.29 is 13.9 Å². The summed E-state index contributed by atoms with van der Waals surface area (Å²) in [7, 11) is 0. The lowest BCUT2D eigenvalue weighted by molar-refractivity contribution is -0.0263. The van der Waals surface area contributed by atoms with Gasteiger partial charge in [0.2, 0.25) is 0 Å². The quantitative estimate of drug-likeness (QED) is 0.897. The largest absolute Gasteiger partial charge is 0.464 e. The molecular weight excluding hydrogens is 310 g/mol. The van der Waals surface area contributed by atoms with E-state index in [1.54, 1.807) is 11.2 Å². The molecule has 1 aliphatic rings. The maximum absolute atomic E-state index is 12.4. The van der Waals surface area contributed by atoms with Gasteiger partial charge >= 0.3 is 6.03 Å². The number of rotatable bonds is 5. The summed E-state index contributed by atoms with van der Waals surface area (Å²) >= 11 is 0. The SMILES string of the molecule is CCc1nncn1CCNC(=O)N1CCO[C@H](c2ccc(C)o2)C1. The number of nitrogens with zero attached hydrogens (tertiary/aromatic N) is 4. The molecule has 8 heteroatoms. The third-order valence-corrected chi connectivity index (χ3v) is 4.07. The van der Waals surface area contributed by atoms with Crippen LogP contribution in [0.15, 0.2) is 22.9 Å². The smallest absolute Gasteiger partial charge is 0.317 e. The van der Waals surface area contributed by atoms with Crippen molar-refractivity contribution in [1.29, 1.82) is 0 Å². The Kier molecular flexibility index (Phi) is 5.14. The second kappa shape index (κ2) is 7.48. The fourth-order valence-electron chi connectivity index (χ4n) is 2.77. The van der Waals surface area contributed by atoms with E-state index in [1.807, 2.05) is 30.5 Å². The van der Waals surface area contributed by atoms with Crippen LogP contribution in [0.25, 0.3) is 0 Å². The normalized spacial score (nSPS) is 17.9. The monoisotopic (exact) mass is 333 g/mol. The number of aromatic nitrogens is 3. The summed E-state index contributed by atoms with van der Waals surface area (Å²) in [5, 5.41) is 10.9. The Labute approximate surface area is 140 Å². The summed E-state index contributed by atoms with van der Waals surface area (Å²) in [5.41, 5.74) is 0. The fourth-order valence-corrected chi connectivity index (χ4v) is 2.77. The number of hydrogen-bond donors (Lipinski definition) is 1. The minimum Gasteiger partial charge on any atom is -0.464 e. The van der Waals surface area contributed by atoms with Crippen LogP contribution in [0.2, 0.25) is 0 Å². The van der Waals surface area contributed by atoms with E-state index in [2.05, 4.69) is 15.5 Å². The number of amides is 2. The average Bonchev–Trinajstić information content (AvgIpc) is 3.23. The highest BCUT2D eigenvalue weighted by molar-refractivity contribution is 5.74. The Balaban J connectivity index is 1.49. The average molecular weight is 333 g/mol. The molecule has 0 aliphatic carbocycles. The van der Waals surface area contributed by atoms with Crippen molar-refractivity contribution in [3.05, 3.63) is 35.8 Å². The number of carbonyl (C=O) groups excluding carboxylic acids is 1. The van der Waals surface area contributed by atoms with Crippen LogP contribution in [0.5, 0.6) is 0 Å². The second-order valence-electron chi connectivity index (χ2n) is 5.78. The Morgan fingerprint density at radius 2 is 2.33 bits per heavy atom. The molecule has 24 heavy (non-hydrogen) atoms. The molecule has 1 N–H and O–H groups in total. The van der Waals surface area contributed by atoms with E-state index in [4.69, 9.17) is 9.15 Å². The molecule has 0 saturated carbocycles. The molecule has 3 rings (SSSR count). The Morgan fingerprint density at radius 1 is 1.46 bits per heavy atom. The number of morpholine rings is 1. The predicted molar refractivity (Wildman–Crippen MR) is 86.5 cm³/mol. The Hall–Kier alpha value is -2.35. The molecule has 8 nitrogen and oxygen atoms in total. The van der Waals surface area contributed by atoms with Crippen molar-refractivity contribution in [3.63, 3.8) is 0 Å². The molecule has 1 saturated heterocycles. The number of furan rings is 1. The highest BCUT2D eigenvalue weighted by Gasteiger charge is 2.27. The molecule has 3 heterocycles. The van der Waals surface area contributed by atoms with Crippen molar-refractivity contribution in [2.24, 2.45) is 0 Å². The first-order valence-electron chi connectivity index (χ1n) is 8.24. The standard InChI is InChI=1S/C16H23N5O3/c1-3-15-19-18-11-21(15)7-6-17-16(22)20-8-9-23-14(10-20)13-5-4-12(2)24-13/h4-5,11,14H,3,6-10H2,1-2H3,(H,17,22)/t14-/m0/s1. The summed E-state index contributed by atoms with van der Waals surface area (Å²) in [6.07, 6.45) is 2.30. The number of aryl methyl sites for hydroxylation is 2. The predicted octanol–water partition coefficient (Wildman–Crippen LogP) is 1.53. The van der Waals surface area contributed by atoms with Crippen LogP contribution in [-0.2, 0) is 17.7 Å². The molecule has 1 aliphatic heterocycles. The molecule has 2 amide bonds. The first-order valence-corrected chi connectivity index (χ1v) is 8.24. The molecule has 0 unspecified atom stereocenters. The third kappa shape index (κ3) is 3.76. The van der Waals surface area contributed by atoms with Crippen molar-refractivity contribution in [2.75, 3.05) is 26.2 Å². The molecule has 0 spiro atoms. The Morgan fingerprint density at radius 3 is 3.08 bits per heavy atom. The van der Waals surface area contributed by atoms with Crippen molar-refractivity contribution in [1.82, 2.24) is 25.0 Å². The minimum absolute atomic E-state index is 0.0855. The zero-order chi connectivity index (χ0) is 16.9. The van der Waals surface area contributed by atoms with E-state index in [0.717, 1.165) is 23.8 Å². The van der Waals surface area contributed by atoms with E-state index in [-0.39, 0.29) is 12.1 Å². The topological polar surface area (TPSA) is 85.4 Å². The van der Waals surface area contributed by atoms with Crippen molar-refractivity contribution in [2.45, 2.75) is 32.9 Å². The third-order valence-electron chi connectivity index (χ3n) is 4.07. The van der Waals surface area contributed by atoms with Gasteiger partial charge in [-0.15, -0.1) is 10.2 Å². The molecule has 1 atom stereocenters. The fraction of sp³-hybridized carbons (Fsp3) is 0.562. The molecule has 0 aromatic carbocycles. The maximum Gasteiger partial charge on any atom is 0.317 e. The number of urea groups is 1. The van der Waals surface area contributed by atoms with Crippen molar-refractivity contribution >= 4 is 6.03 Å². The summed E-state index contributed by atoms with van der Waals surface area (Å²) in [4.78, 5) is 14.1. The summed E-state index contributed by atoms with van der Waals surface area (Å²) < 4.78 is 13.3. The van der Waals surface area contributed by atoms with Crippen LogP contribution in [0.4, 0.5) is 4.79 Å². The van der Waals surface area contributed by atoms with Gasteiger partial charge in [-0.1, -0.05) is 6.92 Å². The van der Waals surface area contributed by atoms with Gasteiger partial charge in [0.15, 0.2) is 0 Å². The number of nitrogens with one attached hydrogen (secondary N) is 1. The van der Waals surface area contributed by atoms with E-state index in [1.165, 1.54) is 0 Å². The van der Waals surface area contributed by atoms with Gasteiger partial charge in [-0.05, 0) is 19.1 Å². The van der Waals surface area contributed by atoms with E-state index >= 15 is 0 Å². The van der Waals surface area contributed by atoms with Crippen LogP contribution in [0, 0.1) is 6.92 Å². The number of hydrogen-bond acceptors (Lipinski definition) is 5. The van der Waals surface area contributed by atoms with E-state index in [0.29, 0.717) is 32.8 Å². The van der Waals surface area contributed by atoms with Crippen LogP contribution < -0.4 is 5.32 Å². The van der Waals surface area contributed by atoms with Crippen LogP contribution in [-0.4, -0.2) is 51.9 Å². The van der Waals surface area contributed by atoms with Gasteiger partial charge in [0.25, 0.3) is 0 Å². The van der Waals surface area contributed by atoms with Gasteiger partial charge < -0.3 is 23.9 Å². The molecule has 130 valence electrons. The minimum atomic E-state index is -0.206. The van der Waals surface area contributed by atoms with E-state index in [9.17, 15) is 4.79 Å². The van der Waals surface area contributed by atoms with Gasteiger partial charge in [-0.2, -0.15) is 0 Å². The first kappa shape index (κ1) is 16.5. The van der Waals surface area contributed by atoms with Crippen LogP contribution >= 0.6 is 0 Å². The lowest BCUT2D eigenvalue weighted by atomic mass is 10.2. The van der Waals surface area contributed by atoms with Gasteiger partial charge in [-0.25, -0.2) is 4.79 Å². The summed E-state index contributed by atoms with van der Waals surface area (Å²) in [6, 6.07) is 3.72. The van der Waals surface area contributed by atoms with Crippen LogP contribution in [0.3, 0.4) is 0 Å². The zero-order valence-electron chi connectivity index (χ0n) is 14.1. The lowest BCUT2D eigenvalue weighted by Crippen LogP contribution is -2.47. The van der Waals surface area contributed by atoms with Gasteiger partial charge in [0.05, 0.1) is 13.2 Å². The molecular formula is C16H23N5O3. The zero-order valence-corrected chi connectivity index (χ0v) is 14.1. The number of ether oxygens (including phenoxy) is 1. The second-order valence-corrected chi connectivity index (χ2v) is 5.78. The number of carbonyl (C=O) groups is 1. The Bertz CT molecular complexity index is 681. The van der Waals surface area contributed by atoms with Gasteiger partial charge in [-0.3, -0.25) is 0 Å². The molecule has 2 aromatic rings.